The van der Waals surface area contributed by atoms with Crippen LogP contribution in [-0.2, 0) is 17.9 Å². The van der Waals surface area contributed by atoms with Gasteiger partial charge in [-0.25, -0.2) is 4.79 Å². The van der Waals surface area contributed by atoms with Crippen LogP contribution in [0.4, 0.5) is 11.5 Å². The molecule has 0 aliphatic heterocycles. The second kappa shape index (κ2) is 11.1. The smallest absolute Gasteiger partial charge is 0.330 e. The van der Waals surface area contributed by atoms with Crippen LogP contribution >= 0.6 is 0 Å². The first-order chi connectivity index (χ1) is 16.4. The molecule has 0 spiro atoms. The molecule has 0 saturated carbocycles. The van der Waals surface area contributed by atoms with E-state index in [0.717, 1.165) is 6.42 Å². The molecule has 180 valence electrons. The highest BCUT2D eigenvalue weighted by atomic mass is 16.5. The predicted molar refractivity (Wildman–Crippen MR) is 129 cm³/mol. The van der Waals surface area contributed by atoms with Crippen LogP contribution in [0.15, 0.2) is 56.7 Å². The van der Waals surface area contributed by atoms with Gasteiger partial charge >= 0.3 is 5.69 Å². The Morgan fingerprint density at radius 3 is 2.50 bits per heavy atom. The summed E-state index contributed by atoms with van der Waals surface area (Å²) >= 11 is 0. The molecular weight excluding hydrogens is 440 g/mol. The fraction of sp³-hybridized carbons (Fsp3) is 0.292. The van der Waals surface area contributed by atoms with Gasteiger partial charge < -0.3 is 19.6 Å². The van der Waals surface area contributed by atoms with E-state index in [1.807, 2.05) is 6.92 Å². The van der Waals surface area contributed by atoms with Crippen LogP contribution in [0.3, 0.4) is 0 Å². The van der Waals surface area contributed by atoms with Gasteiger partial charge in [-0.1, -0.05) is 13.3 Å². The molecule has 0 radical (unpaired) electrons. The lowest BCUT2D eigenvalue weighted by Crippen LogP contribution is -2.40. The molecule has 0 fully saturated rings. The van der Waals surface area contributed by atoms with E-state index in [2.05, 4.69) is 4.98 Å². The molecule has 0 atom stereocenters. The summed E-state index contributed by atoms with van der Waals surface area (Å²) in [6.07, 6.45) is 5.84. The summed E-state index contributed by atoms with van der Waals surface area (Å²) in [5.41, 5.74) is 5.39. The van der Waals surface area contributed by atoms with Crippen LogP contribution in [0.25, 0.3) is 6.08 Å². The maximum atomic E-state index is 13.3. The van der Waals surface area contributed by atoms with E-state index in [1.165, 1.54) is 36.0 Å². The number of carbonyl (C=O) groups excluding carboxylic acids is 1. The quantitative estimate of drug-likeness (QED) is 0.437. The SMILES string of the molecule is CCCCn1c(N)c(N(Cc2ccco2)C(=O)/C=C/c2cc(OC)cc(OC)c2)c(=O)[nH]c1=O. The number of ether oxygens (including phenoxy) is 2. The van der Waals surface area contributed by atoms with Gasteiger partial charge in [0.15, 0.2) is 5.69 Å². The second-order valence-corrected chi connectivity index (χ2v) is 7.48. The van der Waals surface area contributed by atoms with Gasteiger partial charge in [0.05, 0.1) is 27.0 Å². The van der Waals surface area contributed by atoms with Crippen LogP contribution in [0.2, 0.25) is 0 Å². The van der Waals surface area contributed by atoms with Crippen molar-refractivity contribution in [3.05, 3.63) is 74.8 Å². The molecular formula is C24H28N4O6. The van der Waals surface area contributed by atoms with Gasteiger partial charge in [-0.15, -0.1) is 0 Å². The van der Waals surface area contributed by atoms with E-state index in [-0.39, 0.29) is 18.1 Å². The van der Waals surface area contributed by atoms with E-state index in [4.69, 9.17) is 19.6 Å². The van der Waals surface area contributed by atoms with E-state index < -0.39 is 17.2 Å². The first-order valence-electron chi connectivity index (χ1n) is 10.8. The Hall–Kier alpha value is -4.21. The van der Waals surface area contributed by atoms with Crippen molar-refractivity contribution in [2.75, 3.05) is 24.9 Å². The lowest BCUT2D eigenvalue weighted by molar-refractivity contribution is -0.114. The van der Waals surface area contributed by atoms with Crippen LogP contribution in [0, 0.1) is 0 Å². The average Bonchev–Trinajstić information content (AvgIpc) is 3.34. The highest BCUT2D eigenvalue weighted by molar-refractivity contribution is 6.05. The molecule has 3 N–H and O–H groups in total. The van der Waals surface area contributed by atoms with Gasteiger partial charge in [0.1, 0.15) is 23.1 Å². The third-order valence-corrected chi connectivity index (χ3v) is 5.17. The number of anilines is 2. The van der Waals surface area contributed by atoms with Crippen molar-refractivity contribution in [3.63, 3.8) is 0 Å². The van der Waals surface area contributed by atoms with Gasteiger partial charge in [-0.3, -0.25) is 24.0 Å². The Morgan fingerprint density at radius 2 is 1.91 bits per heavy atom. The summed E-state index contributed by atoms with van der Waals surface area (Å²) in [6, 6.07) is 8.52. The van der Waals surface area contributed by atoms with E-state index in [9.17, 15) is 14.4 Å². The van der Waals surface area contributed by atoms with E-state index in [0.29, 0.717) is 35.8 Å². The molecule has 10 heteroatoms. The Morgan fingerprint density at radius 1 is 1.21 bits per heavy atom. The first kappa shape index (κ1) is 24.4. The maximum Gasteiger partial charge on any atom is 0.330 e. The maximum absolute atomic E-state index is 13.3. The van der Waals surface area contributed by atoms with E-state index >= 15 is 0 Å². The molecule has 2 aromatic heterocycles. The zero-order chi connectivity index (χ0) is 24.7. The number of hydrogen-bond donors (Lipinski definition) is 2. The summed E-state index contributed by atoms with van der Waals surface area (Å²) in [5.74, 6) is 0.940. The molecule has 3 rings (SSSR count). The number of nitrogens with one attached hydrogen (secondary N) is 1. The molecule has 34 heavy (non-hydrogen) atoms. The van der Waals surface area contributed by atoms with Crippen molar-refractivity contribution >= 4 is 23.5 Å². The molecule has 0 unspecified atom stereocenters. The summed E-state index contributed by atoms with van der Waals surface area (Å²) in [5, 5.41) is 0. The van der Waals surface area contributed by atoms with Gasteiger partial charge in [0.25, 0.3) is 11.5 Å². The number of carbonyl (C=O) groups is 1. The number of rotatable bonds is 10. The number of benzene rings is 1. The lowest BCUT2D eigenvalue weighted by atomic mass is 10.1. The molecule has 0 saturated heterocycles. The lowest BCUT2D eigenvalue weighted by Gasteiger charge is -2.22. The summed E-state index contributed by atoms with van der Waals surface area (Å²) in [6.45, 7) is 2.23. The fourth-order valence-corrected chi connectivity index (χ4v) is 3.39. The monoisotopic (exact) mass is 468 g/mol. The van der Waals surface area contributed by atoms with Crippen LogP contribution in [-0.4, -0.2) is 29.7 Å². The van der Waals surface area contributed by atoms with Crippen LogP contribution in [0.5, 0.6) is 11.5 Å². The Labute approximate surface area is 196 Å². The van der Waals surface area contributed by atoms with Gasteiger partial charge in [0.2, 0.25) is 0 Å². The molecule has 1 amide bonds. The van der Waals surface area contributed by atoms with E-state index in [1.54, 1.807) is 36.4 Å². The summed E-state index contributed by atoms with van der Waals surface area (Å²) in [7, 11) is 3.06. The molecule has 1 aromatic carbocycles. The number of nitrogens with zero attached hydrogens (tertiary/aromatic N) is 2. The van der Waals surface area contributed by atoms with Crippen molar-refractivity contribution in [1.29, 1.82) is 0 Å². The largest absolute Gasteiger partial charge is 0.497 e. The number of H-pyrrole nitrogens is 1. The Balaban J connectivity index is 2.04. The number of furan rings is 1. The average molecular weight is 469 g/mol. The molecule has 0 bridgehead atoms. The molecule has 0 aliphatic rings. The predicted octanol–water partition coefficient (Wildman–Crippen LogP) is 2.78. The molecule has 10 nitrogen and oxygen atoms in total. The first-order valence-corrected chi connectivity index (χ1v) is 10.8. The van der Waals surface area contributed by atoms with Crippen molar-refractivity contribution in [3.8, 4) is 11.5 Å². The Kier molecular flexibility index (Phi) is 7.96. The third-order valence-electron chi connectivity index (χ3n) is 5.17. The number of unbranched alkanes of at least 4 members (excludes halogenated alkanes) is 1. The minimum absolute atomic E-state index is 0.0587. The Bertz CT molecular complexity index is 1250. The normalized spacial score (nSPS) is 11.0. The van der Waals surface area contributed by atoms with Crippen molar-refractivity contribution in [1.82, 2.24) is 9.55 Å². The zero-order valence-electron chi connectivity index (χ0n) is 19.4. The standard InChI is InChI=1S/C24H28N4O6/c1-4-5-10-27-22(25)21(23(30)26-24(27)31)28(15-17-7-6-11-34-17)20(29)9-8-16-12-18(32-2)14-19(13-16)33-3/h6-9,11-14H,4-5,10,15,25H2,1-3H3,(H,26,30,31)/b9-8+. The molecule has 3 aromatic rings. The van der Waals surface area contributed by atoms with Crippen molar-refractivity contribution < 1.29 is 18.7 Å². The molecule has 0 aliphatic carbocycles. The van der Waals surface area contributed by atoms with Gasteiger partial charge in [0, 0.05) is 18.7 Å². The van der Waals surface area contributed by atoms with Crippen molar-refractivity contribution in [2.24, 2.45) is 0 Å². The van der Waals surface area contributed by atoms with Crippen LogP contribution < -0.4 is 31.4 Å². The highest BCUT2D eigenvalue weighted by Gasteiger charge is 2.24. The zero-order valence-corrected chi connectivity index (χ0v) is 19.4. The number of aromatic nitrogens is 2. The van der Waals surface area contributed by atoms with Gasteiger partial charge in [-0.05, 0) is 42.3 Å². The minimum Gasteiger partial charge on any atom is -0.497 e. The minimum atomic E-state index is -0.758. The van der Waals surface area contributed by atoms with Crippen molar-refractivity contribution in [2.45, 2.75) is 32.9 Å². The molecule has 2 heterocycles. The van der Waals surface area contributed by atoms with Crippen LogP contribution in [0.1, 0.15) is 31.1 Å². The summed E-state index contributed by atoms with van der Waals surface area (Å²) in [4.78, 5) is 41.9. The third kappa shape index (κ3) is 5.58. The number of nitrogens with two attached hydrogens (primary N) is 1. The topological polar surface area (TPSA) is 133 Å². The number of nitrogen functional groups attached to an aromatic ring is 1. The summed E-state index contributed by atoms with van der Waals surface area (Å²) < 4.78 is 17.2. The number of amides is 1. The number of hydrogen-bond acceptors (Lipinski definition) is 7. The van der Waals surface area contributed by atoms with Gasteiger partial charge in [-0.2, -0.15) is 0 Å². The number of methoxy groups -OCH3 is 2. The number of aromatic amines is 1. The highest BCUT2D eigenvalue weighted by Crippen LogP contribution is 2.24. The second-order valence-electron chi connectivity index (χ2n) is 7.48. The fourth-order valence-electron chi connectivity index (χ4n) is 3.39.